The zero-order valence-electron chi connectivity index (χ0n) is 13.7. The summed E-state index contributed by atoms with van der Waals surface area (Å²) in [6.45, 7) is 10.4. The number of rotatable bonds is 1. The molecule has 5 atom stereocenters. The van der Waals surface area contributed by atoms with Crippen LogP contribution in [0.5, 0.6) is 0 Å². The number of Topliss-reactive ketones (excluding diaryl/α,β-unsaturated/α-hetero) is 1. The van der Waals surface area contributed by atoms with Crippen molar-refractivity contribution >= 4 is 17.5 Å². The van der Waals surface area contributed by atoms with E-state index in [1.807, 2.05) is 24.8 Å². The largest absolute Gasteiger partial charge is 0.298 e. The van der Waals surface area contributed by atoms with Crippen molar-refractivity contribution in [3.63, 3.8) is 0 Å². The number of hydrogen-bond acceptors (Lipinski definition) is 2. The first-order valence-corrected chi connectivity index (χ1v) is 9.06. The first-order chi connectivity index (χ1) is 11.0. The van der Waals surface area contributed by atoms with E-state index >= 15 is 0 Å². The molecular formula is C21H20OS. The normalized spacial score (nSPS) is 34.2. The van der Waals surface area contributed by atoms with Gasteiger partial charge in [0.15, 0.2) is 0 Å². The lowest BCUT2D eigenvalue weighted by Gasteiger charge is -2.20. The van der Waals surface area contributed by atoms with Gasteiger partial charge in [0.2, 0.25) is 0 Å². The smallest absolute Gasteiger partial charge is 0.149 e. The van der Waals surface area contributed by atoms with Crippen molar-refractivity contribution in [3.8, 4) is 11.8 Å². The highest BCUT2D eigenvalue weighted by atomic mass is 32.2. The Hall–Kier alpha value is -1.72. The summed E-state index contributed by atoms with van der Waals surface area (Å²) in [5, 5.41) is 0.835. The summed E-state index contributed by atoms with van der Waals surface area (Å²) >= 11 is 1.96. The minimum Gasteiger partial charge on any atom is -0.298 e. The number of allylic oxidation sites excluding steroid dienone is 1. The predicted molar refractivity (Wildman–Crippen MR) is 96.5 cm³/mol. The van der Waals surface area contributed by atoms with E-state index in [4.69, 9.17) is 0 Å². The highest BCUT2D eigenvalue weighted by Crippen LogP contribution is 2.61. The topological polar surface area (TPSA) is 17.1 Å². The van der Waals surface area contributed by atoms with Crippen molar-refractivity contribution in [2.24, 2.45) is 11.8 Å². The third-order valence-electron chi connectivity index (χ3n) is 5.51. The number of aryl methyl sites for hydroxylation is 1. The Labute approximate surface area is 142 Å². The van der Waals surface area contributed by atoms with Gasteiger partial charge in [0.25, 0.3) is 0 Å². The molecule has 0 amide bonds. The maximum Gasteiger partial charge on any atom is 0.149 e. The summed E-state index contributed by atoms with van der Waals surface area (Å²) in [7, 11) is 0. The molecule has 1 aromatic rings. The van der Waals surface area contributed by atoms with Crippen LogP contribution in [0.4, 0.5) is 0 Å². The average molecular weight is 320 g/mol. The molecule has 1 saturated carbocycles. The van der Waals surface area contributed by atoms with E-state index in [2.05, 4.69) is 50.5 Å². The Kier molecular flexibility index (Phi) is 3.32. The lowest BCUT2D eigenvalue weighted by molar-refractivity contribution is -0.122. The predicted octanol–water partition coefficient (Wildman–Crippen LogP) is 4.27. The standard InChI is InChI=1S/C21H20OS/c1-5-6-14-7-8-15(11(2)9-14)17-13(4)18-16-10-12(3)21(23-16)19(18)20(17)22/h7-10,16-19,21H,4H2,1-3H3. The molecule has 0 N–H and O–H groups in total. The van der Waals surface area contributed by atoms with Gasteiger partial charge in [0.1, 0.15) is 5.78 Å². The number of carbonyl (C=O) groups is 1. The molecule has 116 valence electrons. The van der Waals surface area contributed by atoms with E-state index < -0.39 is 0 Å². The van der Waals surface area contributed by atoms with E-state index in [0.717, 1.165) is 22.3 Å². The van der Waals surface area contributed by atoms with Crippen molar-refractivity contribution in [2.75, 3.05) is 0 Å². The SMILES string of the molecule is C=C1C(c2ccc(C#CC)cc2C)C(=O)C2C3SC(C=C3C)C12. The lowest BCUT2D eigenvalue weighted by Crippen LogP contribution is -2.27. The fraction of sp³-hybridized carbons (Fsp3) is 0.381. The zero-order valence-corrected chi connectivity index (χ0v) is 14.5. The minimum absolute atomic E-state index is 0.126. The maximum absolute atomic E-state index is 13.2. The van der Waals surface area contributed by atoms with Crippen LogP contribution in [0.1, 0.15) is 36.5 Å². The monoisotopic (exact) mass is 320 g/mol. The van der Waals surface area contributed by atoms with Crippen LogP contribution in [0.3, 0.4) is 0 Å². The van der Waals surface area contributed by atoms with Crippen LogP contribution in [0.2, 0.25) is 0 Å². The van der Waals surface area contributed by atoms with E-state index in [0.29, 0.717) is 22.2 Å². The Morgan fingerprint density at radius 2 is 2.00 bits per heavy atom. The molecule has 3 aliphatic rings. The van der Waals surface area contributed by atoms with Gasteiger partial charge < -0.3 is 0 Å². The summed E-state index contributed by atoms with van der Waals surface area (Å²) in [5.74, 6) is 6.75. The van der Waals surface area contributed by atoms with Crippen molar-refractivity contribution in [2.45, 2.75) is 37.2 Å². The van der Waals surface area contributed by atoms with Gasteiger partial charge in [-0.2, -0.15) is 0 Å². The number of thioether (sulfide) groups is 1. The van der Waals surface area contributed by atoms with E-state index in [1.54, 1.807) is 0 Å². The van der Waals surface area contributed by atoms with Gasteiger partial charge in [-0.15, -0.1) is 17.7 Å². The molecule has 2 aliphatic heterocycles. The molecule has 0 radical (unpaired) electrons. The third-order valence-corrected chi connectivity index (χ3v) is 7.21. The molecule has 2 heterocycles. The van der Waals surface area contributed by atoms with Crippen LogP contribution < -0.4 is 0 Å². The second kappa shape index (κ2) is 5.14. The quantitative estimate of drug-likeness (QED) is 0.568. The highest BCUT2D eigenvalue weighted by molar-refractivity contribution is 8.01. The maximum atomic E-state index is 13.2. The number of benzene rings is 1. The van der Waals surface area contributed by atoms with Gasteiger partial charge in [-0.1, -0.05) is 35.8 Å². The van der Waals surface area contributed by atoms with Crippen LogP contribution in [-0.4, -0.2) is 16.3 Å². The van der Waals surface area contributed by atoms with Gasteiger partial charge in [-0.3, -0.25) is 4.79 Å². The van der Waals surface area contributed by atoms with Crippen molar-refractivity contribution in [1.82, 2.24) is 0 Å². The summed E-state index contributed by atoms with van der Waals surface area (Å²) in [5.41, 5.74) is 5.79. The molecule has 0 spiro atoms. The molecule has 1 aliphatic carbocycles. The fourth-order valence-corrected chi connectivity index (χ4v) is 6.44. The molecule has 1 aromatic carbocycles. The van der Waals surface area contributed by atoms with Crippen LogP contribution >= 0.6 is 11.8 Å². The Morgan fingerprint density at radius 1 is 1.22 bits per heavy atom. The zero-order chi connectivity index (χ0) is 16.3. The van der Waals surface area contributed by atoms with Crippen LogP contribution in [-0.2, 0) is 4.79 Å². The molecule has 4 rings (SSSR count). The van der Waals surface area contributed by atoms with Crippen LogP contribution in [0.15, 0.2) is 42.0 Å². The third kappa shape index (κ3) is 2.00. The Balaban J connectivity index is 1.73. The Bertz CT molecular complexity index is 820. The lowest BCUT2D eigenvalue weighted by atomic mass is 9.81. The molecule has 0 aromatic heterocycles. The Morgan fingerprint density at radius 3 is 2.70 bits per heavy atom. The van der Waals surface area contributed by atoms with Crippen LogP contribution in [0.25, 0.3) is 0 Å². The second-order valence-corrected chi connectivity index (χ2v) is 8.16. The van der Waals surface area contributed by atoms with E-state index in [1.165, 1.54) is 5.57 Å². The average Bonchev–Trinajstić information content (AvgIpc) is 3.12. The minimum atomic E-state index is -0.126. The van der Waals surface area contributed by atoms with Crippen molar-refractivity contribution in [3.05, 3.63) is 58.7 Å². The van der Waals surface area contributed by atoms with Gasteiger partial charge in [-0.25, -0.2) is 0 Å². The molecular weight excluding hydrogens is 300 g/mol. The van der Waals surface area contributed by atoms with Crippen molar-refractivity contribution < 1.29 is 4.79 Å². The van der Waals surface area contributed by atoms with Gasteiger partial charge >= 0.3 is 0 Å². The van der Waals surface area contributed by atoms with E-state index in [-0.39, 0.29) is 11.8 Å². The fourth-order valence-electron chi connectivity index (χ4n) is 4.53. The molecule has 5 unspecified atom stereocenters. The number of carbonyl (C=O) groups excluding carboxylic acids is 1. The summed E-state index contributed by atoms with van der Waals surface area (Å²) in [4.78, 5) is 13.2. The molecule has 1 nitrogen and oxygen atoms in total. The molecule has 23 heavy (non-hydrogen) atoms. The number of hydrogen-bond donors (Lipinski definition) is 0. The summed E-state index contributed by atoms with van der Waals surface area (Å²) < 4.78 is 0. The van der Waals surface area contributed by atoms with E-state index in [9.17, 15) is 4.79 Å². The first kappa shape index (κ1) is 14.8. The second-order valence-electron chi connectivity index (χ2n) is 6.84. The molecule has 2 bridgehead atoms. The molecule has 1 saturated heterocycles. The van der Waals surface area contributed by atoms with Gasteiger partial charge in [0.05, 0.1) is 5.92 Å². The molecule has 2 heteroatoms. The first-order valence-electron chi connectivity index (χ1n) is 8.12. The molecule has 2 fully saturated rings. The number of fused-ring (bicyclic) bond motifs is 5. The highest BCUT2D eigenvalue weighted by Gasteiger charge is 2.59. The summed E-state index contributed by atoms with van der Waals surface area (Å²) in [6.07, 6.45) is 2.35. The van der Waals surface area contributed by atoms with Gasteiger partial charge in [-0.05, 0) is 44.0 Å². The van der Waals surface area contributed by atoms with Crippen LogP contribution in [0, 0.1) is 30.6 Å². The number of ketones is 1. The van der Waals surface area contributed by atoms with Gasteiger partial charge in [0, 0.05) is 27.9 Å². The van der Waals surface area contributed by atoms with Crippen molar-refractivity contribution in [1.29, 1.82) is 0 Å². The summed E-state index contributed by atoms with van der Waals surface area (Å²) in [6, 6.07) is 6.20.